The molecule has 0 atom stereocenters. The van der Waals surface area contributed by atoms with Crippen molar-refractivity contribution in [3.8, 4) is 23.0 Å². The Kier molecular flexibility index (Phi) is 4.09. The summed E-state index contributed by atoms with van der Waals surface area (Å²) in [5, 5.41) is 7.85. The molecule has 1 aromatic heterocycles. The van der Waals surface area contributed by atoms with Crippen LogP contribution in [0, 0.1) is 6.92 Å². The molecule has 0 aliphatic carbocycles. The molecule has 9 heteroatoms. The zero-order chi connectivity index (χ0) is 18.1. The molecule has 3 aromatic rings. The van der Waals surface area contributed by atoms with Gasteiger partial charge in [-0.1, -0.05) is 17.7 Å². The van der Waals surface area contributed by atoms with Gasteiger partial charge in [-0.25, -0.2) is 13.1 Å². The second-order valence-electron chi connectivity index (χ2n) is 5.71. The van der Waals surface area contributed by atoms with Crippen molar-refractivity contribution in [2.75, 3.05) is 6.79 Å². The van der Waals surface area contributed by atoms with Crippen LogP contribution < -0.4 is 14.2 Å². The maximum Gasteiger partial charge on any atom is 0.247 e. The van der Waals surface area contributed by atoms with Gasteiger partial charge in [-0.05, 0) is 31.2 Å². The van der Waals surface area contributed by atoms with Crippen LogP contribution in [-0.2, 0) is 16.6 Å². The quantitative estimate of drug-likeness (QED) is 0.731. The van der Waals surface area contributed by atoms with E-state index in [0.717, 1.165) is 11.1 Å². The molecule has 0 fully saturated rings. The molecule has 134 valence electrons. The van der Waals surface area contributed by atoms with Gasteiger partial charge in [-0.3, -0.25) is 0 Å². The standard InChI is InChI=1S/C17H15N3O5S/c1-11-3-2-4-12(7-11)17-20-19-16(25-17)9-18-26(21,22)13-5-6-14-15(8-13)24-10-23-14/h2-8,18H,9-10H2,1H3. The van der Waals surface area contributed by atoms with Gasteiger partial charge in [0.05, 0.1) is 11.4 Å². The van der Waals surface area contributed by atoms with Crippen molar-refractivity contribution in [1.29, 1.82) is 0 Å². The van der Waals surface area contributed by atoms with Crippen LogP contribution in [0.25, 0.3) is 11.5 Å². The van der Waals surface area contributed by atoms with Gasteiger partial charge in [-0.15, -0.1) is 10.2 Å². The third-order valence-corrected chi connectivity index (χ3v) is 5.20. The molecule has 4 rings (SSSR count). The number of hydrogen-bond acceptors (Lipinski definition) is 7. The molecular weight excluding hydrogens is 358 g/mol. The zero-order valence-electron chi connectivity index (χ0n) is 13.8. The second-order valence-corrected chi connectivity index (χ2v) is 7.48. The lowest BCUT2D eigenvalue weighted by Gasteiger charge is -2.05. The average molecular weight is 373 g/mol. The minimum atomic E-state index is -3.76. The van der Waals surface area contributed by atoms with E-state index in [1.807, 2.05) is 31.2 Å². The molecule has 1 aliphatic heterocycles. The molecule has 0 radical (unpaired) electrons. The predicted octanol–water partition coefficient (Wildman–Crippen LogP) is 2.25. The number of ether oxygens (including phenoxy) is 2. The summed E-state index contributed by atoms with van der Waals surface area (Å²) >= 11 is 0. The summed E-state index contributed by atoms with van der Waals surface area (Å²) in [6.07, 6.45) is 0. The highest BCUT2D eigenvalue weighted by atomic mass is 32.2. The summed E-state index contributed by atoms with van der Waals surface area (Å²) < 4.78 is 43.2. The van der Waals surface area contributed by atoms with Crippen LogP contribution in [0.4, 0.5) is 0 Å². The minimum Gasteiger partial charge on any atom is -0.454 e. The van der Waals surface area contributed by atoms with E-state index in [2.05, 4.69) is 14.9 Å². The Hall–Kier alpha value is -2.91. The van der Waals surface area contributed by atoms with Crippen molar-refractivity contribution in [2.24, 2.45) is 0 Å². The van der Waals surface area contributed by atoms with Crippen molar-refractivity contribution in [3.05, 3.63) is 53.9 Å². The Morgan fingerprint density at radius 3 is 2.77 bits per heavy atom. The third-order valence-electron chi connectivity index (χ3n) is 3.80. The van der Waals surface area contributed by atoms with E-state index in [4.69, 9.17) is 13.9 Å². The fraction of sp³-hybridized carbons (Fsp3) is 0.176. The Morgan fingerprint density at radius 2 is 1.92 bits per heavy atom. The smallest absolute Gasteiger partial charge is 0.247 e. The Morgan fingerprint density at radius 1 is 1.08 bits per heavy atom. The topological polar surface area (TPSA) is 104 Å². The highest BCUT2D eigenvalue weighted by molar-refractivity contribution is 7.89. The van der Waals surface area contributed by atoms with Crippen LogP contribution in [0.3, 0.4) is 0 Å². The monoisotopic (exact) mass is 373 g/mol. The molecular formula is C17H15N3O5S. The highest BCUT2D eigenvalue weighted by Gasteiger charge is 2.21. The maximum atomic E-state index is 12.4. The van der Waals surface area contributed by atoms with Crippen molar-refractivity contribution >= 4 is 10.0 Å². The van der Waals surface area contributed by atoms with E-state index in [1.165, 1.54) is 12.1 Å². The summed E-state index contributed by atoms with van der Waals surface area (Å²) in [5.41, 5.74) is 1.84. The van der Waals surface area contributed by atoms with Gasteiger partial charge in [0.15, 0.2) is 11.5 Å². The number of aromatic nitrogens is 2. The van der Waals surface area contributed by atoms with Gasteiger partial charge < -0.3 is 13.9 Å². The molecule has 1 N–H and O–H groups in total. The largest absolute Gasteiger partial charge is 0.454 e. The Bertz CT molecular complexity index is 1060. The van der Waals surface area contributed by atoms with Gasteiger partial charge in [0.1, 0.15) is 0 Å². The van der Waals surface area contributed by atoms with Crippen LogP contribution >= 0.6 is 0 Å². The first-order valence-corrected chi connectivity index (χ1v) is 9.28. The number of nitrogens with zero attached hydrogens (tertiary/aromatic N) is 2. The van der Waals surface area contributed by atoms with Crippen LogP contribution in [-0.4, -0.2) is 25.4 Å². The number of benzene rings is 2. The maximum absolute atomic E-state index is 12.4. The van der Waals surface area contributed by atoms with Gasteiger partial charge in [0, 0.05) is 11.6 Å². The van der Waals surface area contributed by atoms with E-state index in [9.17, 15) is 8.42 Å². The van der Waals surface area contributed by atoms with E-state index >= 15 is 0 Å². The van der Waals surface area contributed by atoms with Gasteiger partial charge in [0.2, 0.25) is 28.6 Å². The molecule has 0 saturated carbocycles. The molecule has 0 spiro atoms. The third kappa shape index (κ3) is 3.26. The van der Waals surface area contributed by atoms with Crippen molar-refractivity contribution in [3.63, 3.8) is 0 Å². The fourth-order valence-corrected chi connectivity index (χ4v) is 3.49. The lowest BCUT2D eigenvalue weighted by molar-refractivity contribution is 0.174. The number of aryl methyl sites for hydroxylation is 1. The molecule has 2 heterocycles. The van der Waals surface area contributed by atoms with Gasteiger partial charge in [0.25, 0.3) is 0 Å². The first kappa shape index (κ1) is 16.6. The molecule has 0 bridgehead atoms. The number of fused-ring (bicyclic) bond motifs is 1. The van der Waals surface area contributed by atoms with Crippen LogP contribution in [0.2, 0.25) is 0 Å². The number of hydrogen-bond donors (Lipinski definition) is 1. The second kappa shape index (κ2) is 6.43. The Balaban J connectivity index is 1.48. The van der Waals surface area contributed by atoms with E-state index in [0.29, 0.717) is 17.4 Å². The first-order valence-electron chi connectivity index (χ1n) is 7.80. The molecule has 0 amide bonds. The highest BCUT2D eigenvalue weighted by Crippen LogP contribution is 2.33. The average Bonchev–Trinajstić information content (AvgIpc) is 3.28. The normalized spacial score (nSPS) is 13.1. The molecule has 1 aliphatic rings. The van der Waals surface area contributed by atoms with Crippen molar-refractivity contribution < 1.29 is 22.3 Å². The van der Waals surface area contributed by atoms with Crippen LogP contribution in [0.15, 0.2) is 51.8 Å². The molecule has 8 nitrogen and oxygen atoms in total. The summed E-state index contributed by atoms with van der Waals surface area (Å²) in [4.78, 5) is 0.0696. The van der Waals surface area contributed by atoms with Crippen LogP contribution in [0.1, 0.15) is 11.5 Å². The number of rotatable bonds is 5. The van der Waals surface area contributed by atoms with E-state index < -0.39 is 10.0 Å². The summed E-state index contributed by atoms with van der Waals surface area (Å²) in [6, 6.07) is 12.0. The molecule has 26 heavy (non-hydrogen) atoms. The minimum absolute atomic E-state index is 0.0696. The number of nitrogens with one attached hydrogen (secondary N) is 1. The summed E-state index contributed by atoms with van der Waals surface area (Å²) in [5.74, 6) is 1.42. The van der Waals surface area contributed by atoms with E-state index in [-0.39, 0.29) is 24.1 Å². The van der Waals surface area contributed by atoms with E-state index in [1.54, 1.807) is 6.07 Å². The molecule has 2 aromatic carbocycles. The van der Waals surface area contributed by atoms with Gasteiger partial charge >= 0.3 is 0 Å². The first-order chi connectivity index (χ1) is 12.5. The fourth-order valence-electron chi connectivity index (χ4n) is 2.50. The van der Waals surface area contributed by atoms with Crippen LogP contribution in [0.5, 0.6) is 11.5 Å². The summed E-state index contributed by atoms with van der Waals surface area (Å²) in [6.45, 7) is 1.92. The van der Waals surface area contributed by atoms with Crippen molar-refractivity contribution in [1.82, 2.24) is 14.9 Å². The number of sulfonamides is 1. The zero-order valence-corrected chi connectivity index (χ0v) is 14.6. The SMILES string of the molecule is Cc1cccc(-c2nnc(CNS(=O)(=O)c3ccc4c(c3)OCO4)o2)c1. The lowest BCUT2D eigenvalue weighted by Crippen LogP contribution is -2.23. The predicted molar refractivity (Wildman–Crippen MR) is 91.1 cm³/mol. The lowest BCUT2D eigenvalue weighted by atomic mass is 10.1. The summed E-state index contributed by atoms with van der Waals surface area (Å²) in [7, 11) is -3.76. The van der Waals surface area contributed by atoms with Crippen molar-refractivity contribution in [2.45, 2.75) is 18.4 Å². The van der Waals surface area contributed by atoms with Gasteiger partial charge in [-0.2, -0.15) is 0 Å². The molecule has 0 unspecified atom stereocenters. The molecule has 0 saturated heterocycles. The Labute approximate surface area is 149 Å².